The standard InChI is InChI=1S/C8H7BrN2O/c9-7-2-1-3-11-6(5-12)4-10-8(7)11/h1-2,4-5,12H,3H2. The van der Waals surface area contributed by atoms with E-state index in [0.29, 0.717) is 0 Å². The number of aromatic nitrogens is 2. The molecule has 0 amide bonds. The molecule has 1 aliphatic heterocycles. The molecule has 62 valence electrons. The smallest absolute Gasteiger partial charge is 0.147 e. The Bertz CT molecular complexity index is 444. The molecule has 1 N–H and O–H groups in total. The summed E-state index contributed by atoms with van der Waals surface area (Å²) in [5.41, 5.74) is 0.859. The molecule has 12 heavy (non-hydrogen) atoms. The van der Waals surface area contributed by atoms with Crippen molar-refractivity contribution in [1.29, 1.82) is 0 Å². The number of aliphatic hydroxyl groups excluding tert-OH is 1. The normalized spacial score (nSPS) is 16.8. The largest absolute Gasteiger partial charge is 0.513 e. The molecule has 0 atom stereocenters. The second-order valence-electron chi connectivity index (χ2n) is 2.50. The van der Waals surface area contributed by atoms with E-state index in [-0.39, 0.29) is 0 Å². The molecular formula is C8H7BrN2O. The number of imidazole rings is 1. The van der Waals surface area contributed by atoms with Crippen LogP contribution in [0, 0.1) is 0 Å². The number of fused-ring (bicyclic) bond motifs is 1. The van der Waals surface area contributed by atoms with Gasteiger partial charge in [-0.3, -0.25) is 0 Å². The van der Waals surface area contributed by atoms with Crippen molar-refractivity contribution in [3.05, 3.63) is 29.2 Å². The molecule has 0 saturated carbocycles. The Kier molecular flexibility index (Phi) is 1.77. The fourth-order valence-corrected chi connectivity index (χ4v) is 1.71. The maximum atomic E-state index is 8.83. The minimum Gasteiger partial charge on any atom is -0.513 e. The Hall–Kier alpha value is -1.03. The van der Waals surface area contributed by atoms with Crippen LogP contribution < -0.4 is 10.8 Å². The number of aliphatic hydroxyl groups is 1. The van der Waals surface area contributed by atoms with Crippen molar-refractivity contribution in [2.24, 2.45) is 0 Å². The van der Waals surface area contributed by atoms with Gasteiger partial charge in [-0.05, 0) is 22.0 Å². The summed E-state index contributed by atoms with van der Waals surface area (Å²) in [6, 6.07) is 0. The van der Waals surface area contributed by atoms with Crippen molar-refractivity contribution in [3.63, 3.8) is 0 Å². The molecule has 0 spiro atoms. The van der Waals surface area contributed by atoms with E-state index in [1.807, 2.05) is 16.7 Å². The Morgan fingerprint density at radius 3 is 3.25 bits per heavy atom. The first-order chi connectivity index (χ1) is 5.83. The van der Waals surface area contributed by atoms with Crippen LogP contribution in [0.1, 0.15) is 0 Å². The van der Waals surface area contributed by atoms with Crippen molar-refractivity contribution in [2.45, 2.75) is 6.54 Å². The van der Waals surface area contributed by atoms with Crippen molar-refractivity contribution in [1.82, 2.24) is 9.55 Å². The number of nitrogens with zero attached hydrogens (tertiary/aromatic N) is 2. The lowest BCUT2D eigenvalue weighted by atomic mass is 10.4. The third-order valence-electron chi connectivity index (χ3n) is 1.78. The molecule has 0 aromatic carbocycles. The second-order valence-corrected chi connectivity index (χ2v) is 3.35. The zero-order valence-electron chi connectivity index (χ0n) is 6.24. The molecule has 0 aliphatic carbocycles. The van der Waals surface area contributed by atoms with Gasteiger partial charge in [-0.2, -0.15) is 0 Å². The van der Waals surface area contributed by atoms with Gasteiger partial charge in [0.1, 0.15) is 11.7 Å². The third kappa shape index (κ3) is 0.992. The maximum Gasteiger partial charge on any atom is 0.147 e. The Labute approximate surface area is 77.5 Å². The summed E-state index contributed by atoms with van der Waals surface area (Å²) in [6.45, 7) is 0.761. The minimum absolute atomic E-state index is 0.728. The lowest BCUT2D eigenvalue weighted by Gasteiger charge is -2.03. The number of hydrogen-bond acceptors (Lipinski definition) is 2. The Balaban J connectivity index is 2.86. The lowest BCUT2D eigenvalue weighted by Crippen LogP contribution is -2.29. The number of allylic oxidation sites excluding steroid dienone is 2. The molecule has 1 aromatic rings. The molecule has 0 saturated heterocycles. The van der Waals surface area contributed by atoms with Crippen LogP contribution in [0.15, 0.2) is 18.3 Å². The highest BCUT2D eigenvalue weighted by Crippen LogP contribution is 2.07. The van der Waals surface area contributed by atoms with Crippen LogP contribution >= 0.6 is 15.9 Å². The van der Waals surface area contributed by atoms with Gasteiger partial charge >= 0.3 is 0 Å². The van der Waals surface area contributed by atoms with Crippen LogP contribution in [0.25, 0.3) is 10.7 Å². The zero-order valence-corrected chi connectivity index (χ0v) is 7.82. The Morgan fingerprint density at radius 2 is 2.50 bits per heavy atom. The molecule has 2 heterocycles. The molecule has 0 bridgehead atoms. The summed E-state index contributed by atoms with van der Waals surface area (Å²) in [5.74, 6) is 0. The topological polar surface area (TPSA) is 38.1 Å². The van der Waals surface area contributed by atoms with Crippen molar-refractivity contribution in [3.8, 4) is 0 Å². The van der Waals surface area contributed by atoms with Crippen LogP contribution in [-0.2, 0) is 6.54 Å². The van der Waals surface area contributed by atoms with Gasteiger partial charge in [0.25, 0.3) is 0 Å². The first-order valence-corrected chi connectivity index (χ1v) is 4.34. The zero-order chi connectivity index (χ0) is 8.55. The number of hydrogen-bond donors (Lipinski definition) is 1. The van der Waals surface area contributed by atoms with E-state index in [0.717, 1.165) is 28.1 Å². The summed E-state index contributed by atoms with van der Waals surface area (Å²) < 4.78 is 2.87. The van der Waals surface area contributed by atoms with Crippen LogP contribution in [0.5, 0.6) is 0 Å². The average molecular weight is 227 g/mol. The van der Waals surface area contributed by atoms with Crippen molar-refractivity contribution >= 4 is 26.7 Å². The van der Waals surface area contributed by atoms with E-state index in [1.165, 1.54) is 0 Å². The quantitative estimate of drug-likeness (QED) is 0.690. The number of halogens is 1. The van der Waals surface area contributed by atoms with Crippen molar-refractivity contribution < 1.29 is 5.11 Å². The maximum absolute atomic E-state index is 8.83. The highest BCUT2D eigenvalue weighted by molar-refractivity contribution is 9.15. The molecule has 1 aliphatic rings. The number of rotatable bonds is 0. The van der Waals surface area contributed by atoms with E-state index >= 15 is 0 Å². The first kappa shape index (κ1) is 7.61. The fourth-order valence-electron chi connectivity index (χ4n) is 1.21. The first-order valence-electron chi connectivity index (χ1n) is 3.55. The SMILES string of the molecule is OC=c1cnc2n1CC=CC=2Br. The summed E-state index contributed by atoms with van der Waals surface area (Å²) >= 11 is 3.38. The van der Waals surface area contributed by atoms with Crippen LogP contribution in [-0.4, -0.2) is 14.7 Å². The van der Waals surface area contributed by atoms with Gasteiger partial charge in [0, 0.05) is 6.54 Å². The highest BCUT2D eigenvalue weighted by atomic mass is 79.9. The second kappa shape index (κ2) is 2.79. The van der Waals surface area contributed by atoms with Gasteiger partial charge in [-0.1, -0.05) is 6.08 Å². The van der Waals surface area contributed by atoms with Crippen LogP contribution in [0.4, 0.5) is 0 Å². The summed E-state index contributed by atoms with van der Waals surface area (Å²) in [6.07, 6.45) is 6.68. The predicted octanol–water partition coefficient (Wildman–Crippen LogP) is 0.252. The van der Waals surface area contributed by atoms with Crippen molar-refractivity contribution in [2.75, 3.05) is 0 Å². The molecule has 3 nitrogen and oxygen atoms in total. The van der Waals surface area contributed by atoms with Gasteiger partial charge in [0.15, 0.2) is 0 Å². The average Bonchev–Trinajstić information content (AvgIpc) is 2.49. The lowest BCUT2D eigenvalue weighted by molar-refractivity contribution is 0.533. The van der Waals surface area contributed by atoms with Gasteiger partial charge in [0.2, 0.25) is 0 Å². The minimum atomic E-state index is 0.728. The van der Waals surface area contributed by atoms with Gasteiger partial charge in [-0.25, -0.2) is 4.98 Å². The van der Waals surface area contributed by atoms with Gasteiger partial charge < -0.3 is 9.67 Å². The van der Waals surface area contributed by atoms with E-state index in [4.69, 9.17) is 5.11 Å². The third-order valence-corrected chi connectivity index (χ3v) is 2.40. The molecule has 4 heteroatoms. The predicted molar refractivity (Wildman–Crippen MR) is 50.0 cm³/mol. The van der Waals surface area contributed by atoms with Gasteiger partial charge in [0.05, 0.1) is 16.0 Å². The van der Waals surface area contributed by atoms with Crippen LogP contribution in [0.2, 0.25) is 0 Å². The summed E-state index contributed by atoms with van der Waals surface area (Å²) in [7, 11) is 0. The highest BCUT2D eigenvalue weighted by Gasteiger charge is 2.03. The monoisotopic (exact) mass is 226 g/mol. The summed E-state index contributed by atoms with van der Waals surface area (Å²) in [5, 5.41) is 9.56. The van der Waals surface area contributed by atoms with E-state index in [1.54, 1.807) is 6.20 Å². The van der Waals surface area contributed by atoms with Gasteiger partial charge in [-0.15, -0.1) is 0 Å². The molecule has 0 unspecified atom stereocenters. The summed E-state index contributed by atoms with van der Waals surface area (Å²) in [4.78, 5) is 4.15. The van der Waals surface area contributed by atoms with E-state index in [9.17, 15) is 0 Å². The molecule has 1 aromatic heterocycles. The molecule has 2 rings (SSSR count). The molecular weight excluding hydrogens is 220 g/mol. The molecule has 0 fully saturated rings. The molecule has 0 radical (unpaired) electrons. The van der Waals surface area contributed by atoms with E-state index < -0.39 is 0 Å². The van der Waals surface area contributed by atoms with Crippen LogP contribution in [0.3, 0.4) is 0 Å². The fraction of sp³-hybridized carbons (Fsp3) is 0.125. The van der Waals surface area contributed by atoms with E-state index in [2.05, 4.69) is 20.9 Å². The Morgan fingerprint density at radius 1 is 1.67 bits per heavy atom.